The maximum absolute atomic E-state index is 6.08. The summed E-state index contributed by atoms with van der Waals surface area (Å²) in [7, 11) is 0. The van der Waals surface area contributed by atoms with Gasteiger partial charge in [0.1, 0.15) is 11.9 Å². The van der Waals surface area contributed by atoms with Gasteiger partial charge in [-0.15, -0.1) is 0 Å². The van der Waals surface area contributed by atoms with Gasteiger partial charge in [-0.25, -0.2) is 0 Å². The van der Waals surface area contributed by atoms with Crippen molar-refractivity contribution in [2.24, 2.45) is 0 Å². The average molecular weight is 254 g/mol. The van der Waals surface area contributed by atoms with Crippen LogP contribution in [0.3, 0.4) is 0 Å². The van der Waals surface area contributed by atoms with Crippen LogP contribution in [0.2, 0.25) is 0 Å². The van der Waals surface area contributed by atoms with Crippen molar-refractivity contribution in [3.63, 3.8) is 0 Å². The highest BCUT2D eigenvalue weighted by molar-refractivity contribution is 5.65. The number of nitrogens with two attached hydrogens (primary N) is 2. The molecule has 0 amide bonds. The first-order chi connectivity index (χ1) is 9.24. The Morgan fingerprint density at radius 2 is 1.84 bits per heavy atom. The van der Waals surface area contributed by atoms with Gasteiger partial charge >= 0.3 is 0 Å². The van der Waals surface area contributed by atoms with Gasteiger partial charge in [-0.3, -0.25) is 0 Å². The van der Waals surface area contributed by atoms with Crippen molar-refractivity contribution in [2.75, 3.05) is 11.5 Å². The molecule has 0 aromatic heterocycles. The number of fused-ring (bicyclic) bond motifs is 1. The van der Waals surface area contributed by atoms with Gasteiger partial charge in [0.2, 0.25) is 0 Å². The molecule has 2 aromatic carbocycles. The van der Waals surface area contributed by atoms with E-state index in [4.69, 9.17) is 16.2 Å². The van der Waals surface area contributed by atoms with Gasteiger partial charge in [0.15, 0.2) is 0 Å². The molecule has 98 valence electrons. The molecule has 3 rings (SSSR count). The molecule has 0 saturated carbocycles. The Labute approximate surface area is 113 Å². The van der Waals surface area contributed by atoms with Gasteiger partial charge in [0.25, 0.3) is 0 Å². The van der Waals surface area contributed by atoms with Crippen LogP contribution >= 0.6 is 0 Å². The molecule has 19 heavy (non-hydrogen) atoms. The summed E-state index contributed by atoms with van der Waals surface area (Å²) in [6, 6.07) is 14.0. The van der Waals surface area contributed by atoms with Gasteiger partial charge in [0.05, 0.1) is 11.4 Å². The van der Waals surface area contributed by atoms with Gasteiger partial charge < -0.3 is 16.2 Å². The topological polar surface area (TPSA) is 61.3 Å². The zero-order valence-corrected chi connectivity index (χ0v) is 10.8. The molecule has 0 aliphatic heterocycles. The number of ether oxygens (including phenoxy) is 1. The predicted molar refractivity (Wildman–Crippen MR) is 78.0 cm³/mol. The zero-order valence-electron chi connectivity index (χ0n) is 10.8. The summed E-state index contributed by atoms with van der Waals surface area (Å²) in [5.74, 6) is 0.786. The Morgan fingerprint density at radius 1 is 1.00 bits per heavy atom. The Balaban J connectivity index is 1.86. The largest absolute Gasteiger partial charge is 0.486 e. The smallest absolute Gasteiger partial charge is 0.124 e. The minimum absolute atomic E-state index is 0.118. The number of nitrogen functional groups attached to an aromatic ring is 2. The summed E-state index contributed by atoms with van der Waals surface area (Å²) in [5, 5.41) is 0. The minimum Gasteiger partial charge on any atom is -0.486 e. The fourth-order valence-electron chi connectivity index (χ4n) is 2.62. The van der Waals surface area contributed by atoms with Gasteiger partial charge in [0, 0.05) is 6.07 Å². The molecule has 1 aliphatic carbocycles. The lowest BCUT2D eigenvalue weighted by Gasteiger charge is -2.26. The zero-order chi connectivity index (χ0) is 13.2. The Morgan fingerprint density at radius 3 is 2.68 bits per heavy atom. The van der Waals surface area contributed by atoms with Crippen LogP contribution < -0.4 is 16.2 Å². The van der Waals surface area contributed by atoms with Crippen LogP contribution in [0.4, 0.5) is 11.4 Å². The van der Waals surface area contributed by atoms with Gasteiger partial charge in [-0.2, -0.15) is 0 Å². The molecule has 1 unspecified atom stereocenters. The molecule has 0 heterocycles. The number of anilines is 2. The second kappa shape index (κ2) is 4.84. The summed E-state index contributed by atoms with van der Waals surface area (Å²) in [6.07, 6.45) is 3.46. The van der Waals surface area contributed by atoms with Crippen LogP contribution in [0.25, 0.3) is 0 Å². The van der Waals surface area contributed by atoms with Crippen LogP contribution in [-0.4, -0.2) is 0 Å². The van der Waals surface area contributed by atoms with E-state index in [0.717, 1.165) is 25.0 Å². The van der Waals surface area contributed by atoms with E-state index in [-0.39, 0.29) is 6.10 Å². The quantitative estimate of drug-likeness (QED) is 0.808. The number of hydrogen-bond donors (Lipinski definition) is 2. The number of hydrogen-bond acceptors (Lipinski definition) is 3. The first-order valence-electron chi connectivity index (χ1n) is 6.63. The third kappa shape index (κ3) is 2.36. The van der Waals surface area contributed by atoms with Crippen LogP contribution in [0.1, 0.15) is 30.1 Å². The number of benzene rings is 2. The van der Waals surface area contributed by atoms with E-state index in [2.05, 4.69) is 24.3 Å². The minimum atomic E-state index is 0.118. The molecule has 0 spiro atoms. The molecule has 0 radical (unpaired) electrons. The summed E-state index contributed by atoms with van der Waals surface area (Å²) in [6.45, 7) is 0. The maximum Gasteiger partial charge on any atom is 0.124 e. The highest BCUT2D eigenvalue weighted by atomic mass is 16.5. The molecule has 3 heteroatoms. The van der Waals surface area contributed by atoms with E-state index in [9.17, 15) is 0 Å². The standard InChI is InChI=1S/C16H18N2O/c17-14-9-8-12(10-15(14)18)19-16-7-3-5-11-4-1-2-6-13(11)16/h1-2,4,6,8-10,16H,3,5,7,17-18H2. The Bertz CT molecular complexity index is 595. The van der Waals surface area contributed by atoms with Crippen molar-refractivity contribution < 1.29 is 4.74 Å². The summed E-state index contributed by atoms with van der Waals surface area (Å²) in [4.78, 5) is 0. The fourth-order valence-corrected chi connectivity index (χ4v) is 2.62. The molecule has 2 aromatic rings. The predicted octanol–water partition coefficient (Wildman–Crippen LogP) is 3.31. The van der Waals surface area contributed by atoms with Crippen molar-refractivity contribution in [2.45, 2.75) is 25.4 Å². The number of aryl methyl sites for hydroxylation is 1. The Kier molecular flexibility index (Phi) is 3.03. The maximum atomic E-state index is 6.08. The van der Waals surface area contributed by atoms with Gasteiger partial charge in [-0.05, 0) is 42.5 Å². The molecule has 0 saturated heterocycles. The first-order valence-corrected chi connectivity index (χ1v) is 6.63. The van der Waals surface area contributed by atoms with E-state index < -0.39 is 0 Å². The van der Waals surface area contributed by atoms with Crippen LogP contribution in [0, 0.1) is 0 Å². The van der Waals surface area contributed by atoms with E-state index in [1.165, 1.54) is 11.1 Å². The molecule has 3 nitrogen and oxygen atoms in total. The molecular weight excluding hydrogens is 236 g/mol. The van der Waals surface area contributed by atoms with Crippen molar-refractivity contribution in [1.29, 1.82) is 0 Å². The van der Waals surface area contributed by atoms with Crippen LogP contribution in [0.15, 0.2) is 42.5 Å². The molecular formula is C16H18N2O. The molecule has 0 fully saturated rings. The highest BCUT2D eigenvalue weighted by Gasteiger charge is 2.21. The summed E-state index contributed by atoms with van der Waals surface area (Å²) in [5.41, 5.74) is 15.4. The normalized spacial score (nSPS) is 17.8. The molecule has 1 atom stereocenters. The van der Waals surface area contributed by atoms with E-state index in [1.807, 2.05) is 6.07 Å². The van der Waals surface area contributed by atoms with Crippen molar-refractivity contribution >= 4 is 11.4 Å². The summed E-state index contributed by atoms with van der Waals surface area (Å²) >= 11 is 0. The second-order valence-corrected chi connectivity index (χ2v) is 4.99. The van der Waals surface area contributed by atoms with Gasteiger partial charge in [-0.1, -0.05) is 24.3 Å². The number of rotatable bonds is 2. The van der Waals surface area contributed by atoms with E-state index >= 15 is 0 Å². The lowest BCUT2D eigenvalue weighted by molar-refractivity contribution is 0.183. The van der Waals surface area contributed by atoms with Crippen LogP contribution in [0.5, 0.6) is 5.75 Å². The SMILES string of the molecule is Nc1ccc(OC2CCCc3ccccc32)cc1N. The average Bonchev–Trinajstić information content (AvgIpc) is 2.43. The molecule has 0 bridgehead atoms. The molecule has 4 N–H and O–H groups in total. The highest BCUT2D eigenvalue weighted by Crippen LogP contribution is 2.34. The van der Waals surface area contributed by atoms with Crippen molar-refractivity contribution in [1.82, 2.24) is 0 Å². The van der Waals surface area contributed by atoms with E-state index in [1.54, 1.807) is 12.1 Å². The molecule has 1 aliphatic rings. The summed E-state index contributed by atoms with van der Waals surface area (Å²) < 4.78 is 6.08. The third-order valence-electron chi connectivity index (χ3n) is 3.65. The lowest BCUT2D eigenvalue weighted by atomic mass is 9.89. The first kappa shape index (κ1) is 11.9. The third-order valence-corrected chi connectivity index (χ3v) is 3.65. The van der Waals surface area contributed by atoms with Crippen LogP contribution in [-0.2, 0) is 6.42 Å². The lowest BCUT2D eigenvalue weighted by Crippen LogP contribution is -2.15. The van der Waals surface area contributed by atoms with Crippen molar-refractivity contribution in [3.8, 4) is 5.75 Å². The van der Waals surface area contributed by atoms with Crippen molar-refractivity contribution in [3.05, 3.63) is 53.6 Å². The Hall–Kier alpha value is -2.16. The monoisotopic (exact) mass is 254 g/mol. The van der Waals surface area contributed by atoms with E-state index in [0.29, 0.717) is 11.4 Å². The second-order valence-electron chi connectivity index (χ2n) is 4.99. The fraction of sp³-hybridized carbons (Fsp3) is 0.250.